The van der Waals surface area contributed by atoms with E-state index in [1.165, 1.54) is 13.2 Å². The van der Waals surface area contributed by atoms with Gasteiger partial charge in [-0.25, -0.2) is 22.9 Å². The topological polar surface area (TPSA) is 76.1 Å². The fourth-order valence-corrected chi connectivity index (χ4v) is 2.39. The van der Waals surface area contributed by atoms with Gasteiger partial charge in [-0.1, -0.05) is 0 Å². The van der Waals surface area contributed by atoms with Gasteiger partial charge in [0.2, 0.25) is 5.95 Å². The zero-order valence-corrected chi connectivity index (χ0v) is 14.9. The maximum atomic E-state index is 13.9. The Bertz CT molecular complexity index is 1030. The minimum atomic E-state index is -1.57. The maximum Gasteiger partial charge on any atom is 0.337 e. The molecule has 0 amide bonds. The Hall–Kier alpha value is -3.62. The fraction of sp³-hybridized carbons (Fsp3) is 0.105. The van der Waals surface area contributed by atoms with Crippen molar-refractivity contribution in [3.63, 3.8) is 0 Å². The van der Waals surface area contributed by atoms with E-state index in [9.17, 15) is 18.0 Å². The zero-order chi connectivity index (χ0) is 20.3. The van der Waals surface area contributed by atoms with Crippen molar-refractivity contribution in [3.05, 3.63) is 71.2 Å². The van der Waals surface area contributed by atoms with Crippen LogP contribution in [0.4, 0.5) is 36.3 Å². The third-order valence-corrected chi connectivity index (χ3v) is 3.71. The summed E-state index contributed by atoms with van der Waals surface area (Å²) in [6.07, 6.45) is 0. The number of esters is 1. The zero-order valence-electron chi connectivity index (χ0n) is 14.9. The average molecular weight is 388 g/mol. The number of nitrogens with one attached hydrogen (secondary N) is 2. The number of ether oxygens (including phenoxy) is 1. The Morgan fingerprint density at radius 3 is 2.36 bits per heavy atom. The molecule has 6 nitrogen and oxygen atoms in total. The van der Waals surface area contributed by atoms with Crippen LogP contribution in [0.5, 0.6) is 0 Å². The summed E-state index contributed by atoms with van der Waals surface area (Å²) in [6, 6.07) is 9.83. The lowest BCUT2D eigenvalue weighted by molar-refractivity contribution is 0.0601. The minimum absolute atomic E-state index is 0.186. The van der Waals surface area contributed by atoms with E-state index in [2.05, 4.69) is 25.3 Å². The Morgan fingerprint density at radius 1 is 0.964 bits per heavy atom. The van der Waals surface area contributed by atoms with Crippen molar-refractivity contribution >= 4 is 29.1 Å². The number of methoxy groups -OCH3 is 1. The largest absolute Gasteiger partial charge is 0.465 e. The molecule has 0 saturated heterocycles. The van der Waals surface area contributed by atoms with Crippen LogP contribution < -0.4 is 10.6 Å². The number of aryl methyl sites for hydroxylation is 1. The van der Waals surface area contributed by atoms with Gasteiger partial charge in [0.15, 0.2) is 17.5 Å². The molecule has 144 valence electrons. The van der Waals surface area contributed by atoms with E-state index in [0.29, 0.717) is 16.9 Å². The molecule has 0 radical (unpaired) electrons. The van der Waals surface area contributed by atoms with Crippen molar-refractivity contribution in [3.8, 4) is 0 Å². The molecule has 0 fully saturated rings. The van der Waals surface area contributed by atoms with Crippen molar-refractivity contribution < 1.29 is 22.7 Å². The molecule has 3 rings (SSSR count). The summed E-state index contributed by atoms with van der Waals surface area (Å²) in [4.78, 5) is 19.9. The maximum absolute atomic E-state index is 13.9. The highest BCUT2D eigenvalue weighted by atomic mass is 19.2. The molecule has 0 saturated carbocycles. The molecule has 0 aliphatic carbocycles. The van der Waals surface area contributed by atoms with Gasteiger partial charge < -0.3 is 15.4 Å². The van der Waals surface area contributed by atoms with Crippen LogP contribution in [-0.2, 0) is 4.74 Å². The van der Waals surface area contributed by atoms with Crippen molar-refractivity contribution in [1.82, 2.24) is 9.97 Å². The number of carbonyl (C=O) groups excluding carboxylic acids is 1. The Kier molecular flexibility index (Phi) is 5.44. The quantitative estimate of drug-likeness (QED) is 0.496. The molecule has 3 aromatic rings. The van der Waals surface area contributed by atoms with Crippen molar-refractivity contribution in [2.75, 3.05) is 17.7 Å². The molecule has 0 spiro atoms. The van der Waals surface area contributed by atoms with E-state index in [4.69, 9.17) is 0 Å². The molecule has 28 heavy (non-hydrogen) atoms. The van der Waals surface area contributed by atoms with Gasteiger partial charge in [0.05, 0.1) is 18.4 Å². The molecule has 2 aromatic carbocycles. The molecule has 1 heterocycles. The number of hydrogen-bond donors (Lipinski definition) is 2. The van der Waals surface area contributed by atoms with E-state index in [1.54, 1.807) is 31.2 Å². The SMILES string of the molecule is COC(=O)c1ccc(Nc2nc(C)cc(Nc3ccc(F)c(F)c3F)n2)cc1. The van der Waals surface area contributed by atoms with Crippen LogP contribution in [0.1, 0.15) is 16.1 Å². The van der Waals surface area contributed by atoms with E-state index < -0.39 is 23.4 Å². The first kappa shape index (κ1) is 19.2. The van der Waals surface area contributed by atoms with Gasteiger partial charge in [0.1, 0.15) is 5.82 Å². The van der Waals surface area contributed by atoms with E-state index >= 15 is 0 Å². The summed E-state index contributed by atoms with van der Waals surface area (Å²) in [5.74, 6) is -4.27. The van der Waals surface area contributed by atoms with Crippen LogP contribution in [0, 0.1) is 24.4 Å². The summed E-state index contributed by atoms with van der Waals surface area (Å²) >= 11 is 0. The number of rotatable bonds is 5. The second kappa shape index (κ2) is 7.95. The van der Waals surface area contributed by atoms with Crippen molar-refractivity contribution in [1.29, 1.82) is 0 Å². The fourth-order valence-electron chi connectivity index (χ4n) is 2.39. The van der Waals surface area contributed by atoms with Gasteiger partial charge in [0.25, 0.3) is 0 Å². The number of hydrogen-bond acceptors (Lipinski definition) is 6. The molecular weight excluding hydrogens is 373 g/mol. The number of carbonyl (C=O) groups is 1. The highest BCUT2D eigenvalue weighted by molar-refractivity contribution is 5.89. The molecule has 1 aromatic heterocycles. The Labute approximate surface area is 158 Å². The van der Waals surface area contributed by atoms with Crippen molar-refractivity contribution in [2.24, 2.45) is 0 Å². The monoisotopic (exact) mass is 388 g/mol. The molecule has 0 aliphatic heterocycles. The second-order valence-corrected chi connectivity index (χ2v) is 5.76. The molecule has 2 N–H and O–H groups in total. The van der Waals surface area contributed by atoms with Crippen LogP contribution in [-0.4, -0.2) is 23.0 Å². The molecule has 0 atom stereocenters. The summed E-state index contributed by atoms with van der Waals surface area (Å²) in [5, 5.41) is 5.55. The molecule has 0 aliphatic rings. The summed E-state index contributed by atoms with van der Waals surface area (Å²) in [7, 11) is 1.29. The average Bonchev–Trinajstić information content (AvgIpc) is 2.68. The standard InChI is InChI=1S/C19H15F3N4O2/c1-10-9-15(25-14-8-7-13(20)16(21)17(14)22)26-19(23-10)24-12-5-3-11(4-6-12)18(27)28-2/h3-9H,1-2H3,(H2,23,24,25,26). The first-order valence-corrected chi connectivity index (χ1v) is 8.09. The summed E-state index contributed by atoms with van der Waals surface area (Å²) in [5.41, 5.74) is 1.28. The van der Waals surface area contributed by atoms with Crippen LogP contribution >= 0.6 is 0 Å². The third kappa shape index (κ3) is 4.20. The molecule has 0 bridgehead atoms. The van der Waals surface area contributed by atoms with Gasteiger partial charge in [0, 0.05) is 17.4 Å². The summed E-state index contributed by atoms with van der Waals surface area (Å²) < 4.78 is 44.9. The number of aromatic nitrogens is 2. The van der Waals surface area contributed by atoms with E-state index in [-0.39, 0.29) is 17.5 Å². The van der Waals surface area contributed by atoms with Crippen LogP contribution in [0.2, 0.25) is 0 Å². The predicted molar refractivity (Wildman–Crippen MR) is 97.4 cm³/mol. The lowest BCUT2D eigenvalue weighted by Gasteiger charge is -2.11. The van der Waals surface area contributed by atoms with Crippen LogP contribution in [0.3, 0.4) is 0 Å². The van der Waals surface area contributed by atoms with Gasteiger partial charge in [-0.15, -0.1) is 0 Å². The van der Waals surface area contributed by atoms with Crippen LogP contribution in [0.25, 0.3) is 0 Å². The number of nitrogens with zero attached hydrogens (tertiary/aromatic N) is 2. The highest BCUT2D eigenvalue weighted by Gasteiger charge is 2.14. The molecular formula is C19H15F3N4O2. The number of benzene rings is 2. The lowest BCUT2D eigenvalue weighted by atomic mass is 10.2. The first-order chi connectivity index (χ1) is 13.4. The lowest BCUT2D eigenvalue weighted by Crippen LogP contribution is -2.05. The summed E-state index contributed by atoms with van der Waals surface area (Å²) in [6.45, 7) is 1.69. The number of halogens is 3. The molecule has 9 heteroatoms. The Balaban J connectivity index is 1.82. The van der Waals surface area contributed by atoms with E-state index in [1.807, 2.05) is 0 Å². The van der Waals surface area contributed by atoms with Gasteiger partial charge in [-0.2, -0.15) is 4.98 Å². The van der Waals surface area contributed by atoms with Gasteiger partial charge in [-0.3, -0.25) is 0 Å². The van der Waals surface area contributed by atoms with Gasteiger partial charge in [-0.05, 0) is 43.3 Å². The predicted octanol–water partition coefficient (Wildman–Crippen LogP) is 4.48. The minimum Gasteiger partial charge on any atom is -0.465 e. The van der Waals surface area contributed by atoms with Crippen molar-refractivity contribution in [2.45, 2.75) is 6.92 Å². The van der Waals surface area contributed by atoms with E-state index in [0.717, 1.165) is 12.1 Å². The molecule has 0 unspecified atom stereocenters. The normalized spacial score (nSPS) is 10.5. The Morgan fingerprint density at radius 2 is 1.68 bits per heavy atom. The first-order valence-electron chi connectivity index (χ1n) is 8.09. The van der Waals surface area contributed by atoms with Crippen LogP contribution in [0.15, 0.2) is 42.5 Å². The smallest absolute Gasteiger partial charge is 0.337 e. The third-order valence-electron chi connectivity index (χ3n) is 3.71. The van der Waals surface area contributed by atoms with Gasteiger partial charge >= 0.3 is 5.97 Å². The number of anilines is 4. The highest BCUT2D eigenvalue weighted by Crippen LogP contribution is 2.24. The second-order valence-electron chi connectivity index (χ2n) is 5.76.